The van der Waals surface area contributed by atoms with Gasteiger partial charge >= 0.3 is 5.69 Å². The third-order valence-corrected chi connectivity index (χ3v) is 3.50. The van der Waals surface area contributed by atoms with Crippen molar-refractivity contribution in [3.63, 3.8) is 0 Å². The van der Waals surface area contributed by atoms with E-state index in [0.717, 1.165) is 0 Å². The summed E-state index contributed by atoms with van der Waals surface area (Å²) in [5, 5.41) is 14.0. The predicted octanol–water partition coefficient (Wildman–Crippen LogP) is 3.86. The van der Waals surface area contributed by atoms with Crippen LogP contribution in [-0.4, -0.2) is 22.0 Å². The van der Waals surface area contributed by atoms with E-state index in [1.165, 1.54) is 14.0 Å². The van der Waals surface area contributed by atoms with Gasteiger partial charge in [-0.1, -0.05) is 0 Å². The molecule has 0 saturated heterocycles. The predicted molar refractivity (Wildman–Crippen MR) is 82.4 cm³/mol. The lowest BCUT2D eigenvalue weighted by molar-refractivity contribution is -0.385. The molecule has 0 amide bonds. The van der Waals surface area contributed by atoms with Gasteiger partial charge in [-0.15, -0.1) is 0 Å². The van der Waals surface area contributed by atoms with Gasteiger partial charge in [-0.2, -0.15) is 4.98 Å². The van der Waals surface area contributed by atoms with Gasteiger partial charge < -0.3 is 10.1 Å². The highest BCUT2D eigenvalue weighted by molar-refractivity contribution is 9.10. The van der Waals surface area contributed by atoms with Gasteiger partial charge in [0, 0.05) is 10.5 Å². The molecule has 21 heavy (non-hydrogen) atoms. The van der Waals surface area contributed by atoms with Crippen molar-refractivity contribution in [2.75, 3.05) is 12.4 Å². The number of nitrogens with one attached hydrogen (secondary N) is 1. The Morgan fingerprint density at radius 3 is 2.76 bits per heavy atom. The monoisotopic (exact) mass is 372 g/mol. The maximum Gasteiger partial charge on any atom is 0.332 e. The van der Waals surface area contributed by atoms with Gasteiger partial charge in [0.25, 0.3) is 0 Å². The van der Waals surface area contributed by atoms with Crippen LogP contribution in [0.25, 0.3) is 0 Å². The van der Waals surface area contributed by atoms with E-state index >= 15 is 0 Å². The molecule has 110 valence electrons. The standard InChI is InChI=1S/C12H10BrClN4O3/c1-6-10(18(19)20)11(17-12(14)15-6)16-9-5-7(21-2)3-4-8(9)13/h3-5H,1-2H3,(H,15,16,17). The van der Waals surface area contributed by atoms with E-state index in [1.807, 2.05) is 0 Å². The van der Waals surface area contributed by atoms with Crippen molar-refractivity contribution in [3.05, 3.63) is 43.8 Å². The molecule has 1 heterocycles. The SMILES string of the molecule is COc1ccc(Br)c(Nc2nc(Cl)nc(C)c2[N+](=O)[O-])c1. The fourth-order valence-electron chi connectivity index (χ4n) is 1.69. The number of hydrogen-bond acceptors (Lipinski definition) is 6. The van der Waals surface area contributed by atoms with Crippen molar-refractivity contribution < 1.29 is 9.66 Å². The average molecular weight is 374 g/mol. The number of methoxy groups -OCH3 is 1. The van der Waals surface area contributed by atoms with E-state index < -0.39 is 4.92 Å². The Bertz CT molecular complexity index is 711. The third kappa shape index (κ3) is 3.40. The van der Waals surface area contributed by atoms with Crippen LogP contribution >= 0.6 is 27.5 Å². The number of aryl methyl sites for hydroxylation is 1. The summed E-state index contributed by atoms with van der Waals surface area (Å²) in [5.74, 6) is 0.617. The van der Waals surface area contributed by atoms with Gasteiger partial charge in [-0.05, 0) is 46.6 Å². The smallest absolute Gasteiger partial charge is 0.332 e. The molecule has 1 aromatic heterocycles. The van der Waals surface area contributed by atoms with Crippen molar-refractivity contribution in [1.82, 2.24) is 9.97 Å². The second-order valence-corrected chi connectivity index (χ2v) is 5.20. The van der Waals surface area contributed by atoms with E-state index in [2.05, 4.69) is 31.2 Å². The Morgan fingerprint density at radius 1 is 1.43 bits per heavy atom. The van der Waals surface area contributed by atoms with Crippen LogP contribution in [0.5, 0.6) is 5.75 Å². The number of nitro groups is 1. The van der Waals surface area contributed by atoms with Crippen LogP contribution in [0, 0.1) is 17.0 Å². The van der Waals surface area contributed by atoms with E-state index in [0.29, 0.717) is 15.9 Å². The minimum absolute atomic E-state index is 0.0199. The molecule has 0 spiro atoms. The van der Waals surface area contributed by atoms with Gasteiger partial charge in [-0.3, -0.25) is 10.1 Å². The number of halogens is 2. The number of hydrogen-bond donors (Lipinski definition) is 1. The number of benzene rings is 1. The molecule has 0 saturated carbocycles. The first-order valence-corrected chi connectivity index (χ1v) is 6.88. The van der Waals surface area contributed by atoms with Crippen LogP contribution in [-0.2, 0) is 0 Å². The number of rotatable bonds is 4. The normalized spacial score (nSPS) is 10.3. The summed E-state index contributed by atoms with van der Waals surface area (Å²) in [7, 11) is 1.53. The first-order chi connectivity index (χ1) is 9.92. The maximum atomic E-state index is 11.2. The summed E-state index contributed by atoms with van der Waals surface area (Å²) in [6, 6.07) is 5.18. The quantitative estimate of drug-likeness (QED) is 0.497. The molecule has 2 rings (SSSR count). The minimum atomic E-state index is -0.553. The van der Waals surface area contributed by atoms with E-state index in [1.54, 1.807) is 18.2 Å². The third-order valence-electron chi connectivity index (χ3n) is 2.64. The van der Waals surface area contributed by atoms with Gasteiger partial charge in [-0.25, -0.2) is 4.98 Å². The summed E-state index contributed by atoms with van der Waals surface area (Å²) in [4.78, 5) is 18.3. The Kier molecular flexibility index (Phi) is 4.59. The molecule has 1 aromatic carbocycles. The van der Waals surface area contributed by atoms with Crippen LogP contribution in [0.2, 0.25) is 5.28 Å². The van der Waals surface area contributed by atoms with Gasteiger partial charge in [0.15, 0.2) is 0 Å². The topological polar surface area (TPSA) is 90.2 Å². The van der Waals surface area contributed by atoms with Crippen LogP contribution in [0.3, 0.4) is 0 Å². The zero-order valence-electron chi connectivity index (χ0n) is 11.1. The average Bonchev–Trinajstić information content (AvgIpc) is 2.40. The van der Waals surface area contributed by atoms with Crippen LogP contribution in [0.4, 0.5) is 17.2 Å². The second-order valence-electron chi connectivity index (χ2n) is 4.00. The molecule has 7 nitrogen and oxygen atoms in total. The van der Waals surface area contributed by atoms with Gasteiger partial charge in [0.05, 0.1) is 17.7 Å². The zero-order chi connectivity index (χ0) is 15.6. The number of aromatic nitrogens is 2. The molecule has 9 heteroatoms. The van der Waals surface area contributed by atoms with E-state index in [9.17, 15) is 10.1 Å². The zero-order valence-corrected chi connectivity index (χ0v) is 13.4. The maximum absolute atomic E-state index is 11.2. The Balaban J connectivity index is 2.51. The van der Waals surface area contributed by atoms with E-state index in [-0.39, 0.29) is 22.5 Å². The second kappa shape index (κ2) is 6.23. The molecule has 0 fully saturated rings. The van der Waals surface area contributed by atoms with Crippen molar-refractivity contribution in [2.24, 2.45) is 0 Å². The lowest BCUT2D eigenvalue weighted by Gasteiger charge is -2.10. The Labute approximate surface area is 133 Å². The van der Waals surface area contributed by atoms with Crippen molar-refractivity contribution in [3.8, 4) is 5.75 Å². The van der Waals surface area contributed by atoms with E-state index in [4.69, 9.17) is 16.3 Å². The van der Waals surface area contributed by atoms with Crippen molar-refractivity contribution >= 4 is 44.7 Å². The largest absolute Gasteiger partial charge is 0.497 e. The van der Waals surface area contributed by atoms with Crippen LogP contribution < -0.4 is 10.1 Å². The molecule has 2 aromatic rings. The first-order valence-electron chi connectivity index (χ1n) is 5.71. The highest BCUT2D eigenvalue weighted by Gasteiger charge is 2.22. The molecule has 0 aliphatic rings. The summed E-state index contributed by atoms with van der Waals surface area (Å²) >= 11 is 9.12. The fraction of sp³-hybridized carbons (Fsp3) is 0.167. The first kappa shape index (κ1) is 15.5. The van der Waals surface area contributed by atoms with Gasteiger partial charge in [0.2, 0.25) is 11.1 Å². The number of nitrogens with zero attached hydrogens (tertiary/aromatic N) is 3. The summed E-state index contributed by atoms with van der Waals surface area (Å²) in [6.07, 6.45) is 0. The molecule has 0 atom stereocenters. The molecular formula is C12H10BrClN4O3. The molecule has 1 N–H and O–H groups in total. The van der Waals surface area contributed by atoms with Crippen molar-refractivity contribution in [1.29, 1.82) is 0 Å². The van der Waals surface area contributed by atoms with Gasteiger partial charge in [0.1, 0.15) is 11.4 Å². The molecule has 0 bridgehead atoms. The number of anilines is 2. The molecular weight excluding hydrogens is 364 g/mol. The molecule has 0 radical (unpaired) electrons. The summed E-state index contributed by atoms with van der Waals surface area (Å²) in [6.45, 7) is 1.50. The fourth-order valence-corrected chi connectivity index (χ4v) is 2.25. The van der Waals surface area contributed by atoms with Crippen LogP contribution in [0.15, 0.2) is 22.7 Å². The minimum Gasteiger partial charge on any atom is -0.497 e. The molecule has 0 aliphatic carbocycles. The Morgan fingerprint density at radius 2 is 2.14 bits per heavy atom. The molecule has 0 aliphatic heterocycles. The lowest BCUT2D eigenvalue weighted by atomic mass is 10.3. The molecule has 0 unspecified atom stereocenters. The summed E-state index contributed by atoms with van der Waals surface area (Å²) in [5.41, 5.74) is 0.516. The Hall–Kier alpha value is -1.93. The highest BCUT2D eigenvalue weighted by atomic mass is 79.9. The number of ether oxygens (including phenoxy) is 1. The van der Waals surface area contributed by atoms with Crippen LogP contribution in [0.1, 0.15) is 5.69 Å². The highest BCUT2D eigenvalue weighted by Crippen LogP contribution is 2.34. The lowest BCUT2D eigenvalue weighted by Crippen LogP contribution is -2.04. The van der Waals surface area contributed by atoms with Crippen molar-refractivity contribution in [2.45, 2.75) is 6.92 Å². The summed E-state index contributed by atoms with van der Waals surface area (Å²) < 4.78 is 5.82.